The number of carbonyl (C=O) groups is 1. The first kappa shape index (κ1) is 18.4. The number of halogens is 1. The van der Waals surface area contributed by atoms with E-state index in [9.17, 15) is 4.79 Å². The van der Waals surface area contributed by atoms with Crippen molar-refractivity contribution in [3.05, 3.63) is 50.7 Å². The van der Waals surface area contributed by atoms with Gasteiger partial charge in [0, 0.05) is 55.3 Å². The molecule has 0 bridgehead atoms. The van der Waals surface area contributed by atoms with E-state index in [2.05, 4.69) is 15.9 Å². The van der Waals surface area contributed by atoms with Crippen LogP contribution in [0.3, 0.4) is 0 Å². The van der Waals surface area contributed by atoms with E-state index < -0.39 is 0 Å². The molecule has 0 atom stereocenters. The van der Waals surface area contributed by atoms with Gasteiger partial charge in [-0.3, -0.25) is 14.6 Å². The number of piperazine rings is 1. The van der Waals surface area contributed by atoms with E-state index in [1.807, 2.05) is 24.3 Å². The fourth-order valence-electron chi connectivity index (χ4n) is 3.12. The van der Waals surface area contributed by atoms with Gasteiger partial charge in [0.2, 0.25) is 0 Å². The fraction of sp³-hybridized carbons (Fsp3) is 0.421. The van der Waals surface area contributed by atoms with Crippen molar-refractivity contribution in [2.24, 2.45) is 0 Å². The van der Waals surface area contributed by atoms with Crippen LogP contribution in [0, 0.1) is 0 Å². The third-order valence-corrected chi connectivity index (χ3v) is 5.77. The van der Waals surface area contributed by atoms with Gasteiger partial charge in [-0.1, -0.05) is 11.6 Å². The first-order valence-electron chi connectivity index (χ1n) is 8.42. The van der Waals surface area contributed by atoms with Crippen LogP contribution < -0.4 is 4.74 Å². The van der Waals surface area contributed by atoms with E-state index in [-0.39, 0.29) is 5.78 Å². The lowest BCUT2D eigenvalue weighted by Crippen LogP contribution is -2.45. The molecule has 134 valence electrons. The molecule has 6 heteroatoms. The van der Waals surface area contributed by atoms with E-state index in [1.54, 1.807) is 25.4 Å². The molecule has 2 heterocycles. The zero-order valence-electron chi connectivity index (χ0n) is 14.6. The Morgan fingerprint density at radius 3 is 2.36 bits per heavy atom. The molecular weight excluding hydrogens is 356 g/mol. The summed E-state index contributed by atoms with van der Waals surface area (Å²) in [6.45, 7) is 7.45. The van der Waals surface area contributed by atoms with Crippen LogP contribution in [-0.2, 0) is 13.1 Å². The Kier molecular flexibility index (Phi) is 6.12. The Balaban J connectivity index is 1.58. The second-order valence-electron chi connectivity index (χ2n) is 6.34. The Bertz CT molecular complexity index is 739. The molecule has 0 unspecified atom stereocenters. The SMILES string of the molecule is COc1ccc(C(C)=O)cc1CN1CCN(Cc2ccc(Cl)s2)CC1. The largest absolute Gasteiger partial charge is 0.496 e. The molecule has 0 radical (unpaired) electrons. The van der Waals surface area contributed by atoms with Crippen LogP contribution in [0.1, 0.15) is 27.7 Å². The Morgan fingerprint density at radius 1 is 1.12 bits per heavy atom. The summed E-state index contributed by atoms with van der Waals surface area (Å²) in [6.07, 6.45) is 0. The molecule has 0 N–H and O–H groups in total. The number of nitrogens with zero attached hydrogens (tertiary/aromatic N) is 2. The normalized spacial score (nSPS) is 16.1. The monoisotopic (exact) mass is 378 g/mol. The number of ketones is 1. The third kappa shape index (κ3) is 4.82. The van der Waals surface area contributed by atoms with E-state index in [1.165, 1.54) is 4.88 Å². The van der Waals surface area contributed by atoms with Crippen LogP contribution in [0.25, 0.3) is 0 Å². The molecule has 0 spiro atoms. The number of benzene rings is 1. The Hall–Kier alpha value is -1.40. The smallest absolute Gasteiger partial charge is 0.159 e. The van der Waals surface area contributed by atoms with E-state index >= 15 is 0 Å². The standard InChI is InChI=1S/C19H23ClN2O2S/c1-14(23)15-3-5-18(24-2)16(11-15)12-21-7-9-22(10-8-21)13-17-4-6-19(20)25-17/h3-6,11H,7-10,12-13H2,1-2H3. The average molecular weight is 379 g/mol. The summed E-state index contributed by atoms with van der Waals surface area (Å²) in [7, 11) is 1.68. The van der Waals surface area contributed by atoms with Gasteiger partial charge in [-0.05, 0) is 37.3 Å². The number of hydrogen-bond donors (Lipinski definition) is 0. The van der Waals surface area contributed by atoms with Gasteiger partial charge in [0.1, 0.15) is 5.75 Å². The van der Waals surface area contributed by atoms with Gasteiger partial charge >= 0.3 is 0 Å². The van der Waals surface area contributed by atoms with Crippen LogP contribution in [-0.4, -0.2) is 48.9 Å². The van der Waals surface area contributed by atoms with Gasteiger partial charge in [0.25, 0.3) is 0 Å². The summed E-state index contributed by atoms with van der Waals surface area (Å²) in [5, 5.41) is 0. The molecule has 1 aromatic carbocycles. The molecule has 4 nitrogen and oxygen atoms in total. The minimum atomic E-state index is 0.0864. The maximum Gasteiger partial charge on any atom is 0.159 e. The first-order chi connectivity index (χ1) is 12.0. The molecule has 0 aliphatic carbocycles. The number of ether oxygens (including phenoxy) is 1. The van der Waals surface area contributed by atoms with Gasteiger partial charge in [0.05, 0.1) is 11.4 Å². The van der Waals surface area contributed by atoms with Crippen molar-refractivity contribution in [1.82, 2.24) is 9.80 Å². The van der Waals surface area contributed by atoms with Crippen molar-refractivity contribution >= 4 is 28.7 Å². The maximum absolute atomic E-state index is 11.6. The number of Topliss-reactive ketones (excluding diaryl/α,β-unsaturated/α-hetero) is 1. The fourth-order valence-corrected chi connectivity index (χ4v) is 4.25. The second-order valence-corrected chi connectivity index (χ2v) is 8.14. The first-order valence-corrected chi connectivity index (χ1v) is 9.61. The molecule has 1 aliphatic rings. The predicted molar refractivity (Wildman–Crippen MR) is 103 cm³/mol. The highest BCUT2D eigenvalue weighted by molar-refractivity contribution is 7.16. The third-order valence-electron chi connectivity index (χ3n) is 4.55. The van der Waals surface area contributed by atoms with Gasteiger partial charge < -0.3 is 4.74 Å². The maximum atomic E-state index is 11.6. The summed E-state index contributed by atoms with van der Waals surface area (Å²) in [6, 6.07) is 9.75. The Morgan fingerprint density at radius 2 is 1.80 bits per heavy atom. The van der Waals surface area contributed by atoms with E-state index in [4.69, 9.17) is 16.3 Å². The molecule has 1 fully saturated rings. The summed E-state index contributed by atoms with van der Waals surface area (Å²) in [5.41, 5.74) is 1.82. The van der Waals surface area contributed by atoms with Gasteiger partial charge in [0.15, 0.2) is 5.78 Å². The highest BCUT2D eigenvalue weighted by atomic mass is 35.5. The van der Waals surface area contributed by atoms with Crippen molar-refractivity contribution in [2.75, 3.05) is 33.3 Å². The van der Waals surface area contributed by atoms with Crippen LogP contribution in [0.4, 0.5) is 0 Å². The van der Waals surface area contributed by atoms with Crippen molar-refractivity contribution < 1.29 is 9.53 Å². The zero-order chi connectivity index (χ0) is 17.8. The van der Waals surface area contributed by atoms with Crippen molar-refractivity contribution in [3.8, 4) is 5.75 Å². The summed E-state index contributed by atoms with van der Waals surface area (Å²) >= 11 is 7.67. The predicted octanol–water partition coefficient (Wildman–Crippen LogP) is 3.93. The molecule has 1 aliphatic heterocycles. The number of carbonyl (C=O) groups excluding carboxylic acids is 1. The zero-order valence-corrected chi connectivity index (χ0v) is 16.2. The molecule has 1 saturated heterocycles. The molecular formula is C19H23ClN2O2S. The molecule has 25 heavy (non-hydrogen) atoms. The van der Waals surface area contributed by atoms with Gasteiger partial charge in [-0.2, -0.15) is 0 Å². The molecule has 0 amide bonds. The van der Waals surface area contributed by atoms with Crippen LogP contribution >= 0.6 is 22.9 Å². The van der Waals surface area contributed by atoms with Crippen molar-refractivity contribution in [1.29, 1.82) is 0 Å². The Labute approximate surface area is 158 Å². The summed E-state index contributed by atoms with van der Waals surface area (Å²) in [4.78, 5) is 17.8. The number of rotatable bonds is 6. The topological polar surface area (TPSA) is 32.8 Å². The van der Waals surface area contributed by atoms with Crippen LogP contribution in [0.15, 0.2) is 30.3 Å². The number of hydrogen-bond acceptors (Lipinski definition) is 5. The average Bonchev–Trinajstić information content (AvgIpc) is 3.01. The number of thiophene rings is 1. The van der Waals surface area contributed by atoms with Gasteiger partial charge in [-0.25, -0.2) is 0 Å². The van der Waals surface area contributed by atoms with Crippen LogP contribution in [0.2, 0.25) is 4.34 Å². The van der Waals surface area contributed by atoms with Crippen LogP contribution in [0.5, 0.6) is 5.75 Å². The van der Waals surface area contributed by atoms with E-state index in [0.717, 1.165) is 60.5 Å². The summed E-state index contributed by atoms with van der Waals surface area (Å²) in [5.74, 6) is 0.934. The lowest BCUT2D eigenvalue weighted by molar-refractivity contribution is 0.101. The second kappa shape index (κ2) is 8.32. The minimum Gasteiger partial charge on any atom is -0.496 e. The lowest BCUT2D eigenvalue weighted by Gasteiger charge is -2.34. The highest BCUT2D eigenvalue weighted by Gasteiger charge is 2.19. The van der Waals surface area contributed by atoms with E-state index in [0.29, 0.717) is 0 Å². The van der Waals surface area contributed by atoms with Crippen molar-refractivity contribution in [3.63, 3.8) is 0 Å². The molecule has 1 aromatic heterocycles. The van der Waals surface area contributed by atoms with Crippen molar-refractivity contribution in [2.45, 2.75) is 20.0 Å². The molecule has 2 aromatic rings. The van der Waals surface area contributed by atoms with Gasteiger partial charge in [-0.15, -0.1) is 11.3 Å². The minimum absolute atomic E-state index is 0.0864. The quantitative estimate of drug-likeness (QED) is 0.713. The molecule has 0 saturated carbocycles. The number of methoxy groups -OCH3 is 1. The highest BCUT2D eigenvalue weighted by Crippen LogP contribution is 2.25. The molecule has 3 rings (SSSR count). The summed E-state index contributed by atoms with van der Waals surface area (Å²) < 4.78 is 6.32. The lowest BCUT2D eigenvalue weighted by atomic mass is 10.1.